The largest absolute Gasteiger partial charge is 0.508 e. The molecular formula is C13H12N4O2. The molecule has 0 fully saturated rings. The van der Waals surface area contributed by atoms with Crippen LogP contribution in [0.15, 0.2) is 35.0 Å². The third kappa shape index (κ3) is 2.08. The molecule has 3 aromatic rings. The molecule has 0 radical (unpaired) electrons. The molecule has 0 unspecified atom stereocenters. The minimum Gasteiger partial charge on any atom is -0.508 e. The van der Waals surface area contributed by atoms with E-state index in [1.54, 1.807) is 22.9 Å². The van der Waals surface area contributed by atoms with Gasteiger partial charge in [0.05, 0.1) is 0 Å². The lowest BCUT2D eigenvalue weighted by molar-refractivity contribution is 0.431. The fourth-order valence-corrected chi connectivity index (χ4v) is 1.86. The van der Waals surface area contributed by atoms with Crippen LogP contribution in [-0.4, -0.2) is 25.0 Å². The Morgan fingerprint density at radius 1 is 1.26 bits per heavy atom. The van der Waals surface area contributed by atoms with E-state index in [9.17, 15) is 5.11 Å². The van der Waals surface area contributed by atoms with Gasteiger partial charge >= 0.3 is 0 Å². The number of rotatable bonds is 2. The van der Waals surface area contributed by atoms with Gasteiger partial charge in [0.15, 0.2) is 0 Å². The number of hydrogen-bond acceptors (Lipinski definition) is 5. The minimum absolute atomic E-state index is 0.214. The maximum absolute atomic E-state index is 9.39. The van der Waals surface area contributed by atoms with E-state index in [0.29, 0.717) is 17.4 Å². The Morgan fingerprint density at radius 3 is 2.79 bits per heavy atom. The van der Waals surface area contributed by atoms with Gasteiger partial charge in [0.1, 0.15) is 11.4 Å². The molecule has 0 aliphatic carbocycles. The van der Waals surface area contributed by atoms with E-state index in [1.807, 2.05) is 26.2 Å². The van der Waals surface area contributed by atoms with Gasteiger partial charge in [-0.2, -0.15) is 10.1 Å². The molecule has 1 aromatic carbocycles. The van der Waals surface area contributed by atoms with E-state index in [0.717, 1.165) is 11.1 Å². The maximum Gasteiger partial charge on any atom is 0.258 e. The van der Waals surface area contributed by atoms with Crippen molar-refractivity contribution in [2.45, 2.75) is 6.92 Å². The lowest BCUT2D eigenvalue weighted by Gasteiger charge is -2.00. The number of aryl methyl sites for hydroxylation is 2. The Kier molecular flexibility index (Phi) is 2.56. The Labute approximate surface area is 109 Å². The van der Waals surface area contributed by atoms with Crippen molar-refractivity contribution in [2.75, 3.05) is 0 Å². The van der Waals surface area contributed by atoms with Crippen LogP contribution in [0.1, 0.15) is 5.56 Å². The highest BCUT2D eigenvalue weighted by Crippen LogP contribution is 2.26. The van der Waals surface area contributed by atoms with E-state index in [2.05, 4.69) is 15.2 Å². The second kappa shape index (κ2) is 4.24. The highest BCUT2D eigenvalue weighted by molar-refractivity contribution is 5.62. The van der Waals surface area contributed by atoms with Crippen LogP contribution in [-0.2, 0) is 7.05 Å². The summed E-state index contributed by atoms with van der Waals surface area (Å²) in [7, 11) is 1.83. The molecule has 1 N–H and O–H groups in total. The van der Waals surface area contributed by atoms with Crippen LogP contribution < -0.4 is 0 Å². The SMILES string of the molecule is Cc1cc(O)ccc1-c1nc(-c2ccn(C)n2)no1. The van der Waals surface area contributed by atoms with Gasteiger partial charge in [-0.05, 0) is 36.8 Å². The summed E-state index contributed by atoms with van der Waals surface area (Å²) in [6.07, 6.45) is 1.82. The van der Waals surface area contributed by atoms with Gasteiger partial charge in [-0.1, -0.05) is 5.16 Å². The smallest absolute Gasteiger partial charge is 0.258 e. The number of phenols is 1. The van der Waals surface area contributed by atoms with Gasteiger partial charge in [-0.25, -0.2) is 0 Å². The molecule has 96 valence electrons. The van der Waals surface area contributed by atoms with E-state index in [-0.39, 0.29) is 5.75 Å². The molecule has 6 nitrogen and oxygen atoms in total. The lowest BCUT2D eigenvalue weighted by atomic mass is 10.1. The molecule has 0 aliphatic heterocycles. The van der Waals surface area contributed by atoms with Crippen molar-refractivity contribution < 1.29 is 9.63 Å². The molecule has 6 heteroatoms. The zero-order valence-electron chi connectivity index (χ0n) is 10.5. The highest BCUT2D eigenvalue weighted by atomic mass is 16.5. The van der Waals surface area contributed by atoms with Crippen LogP contribution in [0.25, 0.3) is 23.0 Å². The zero-order chi connectivity index (χ0) is 13.4. The Hall–Kier alpha value is -2.63. The lowest BCUT2D eigenvalue weighted by Crippen LogP contribution is -1.89. The first-order valence-corrected chi connectivity index (χ1v) is 5.77. The molecule has 2 aromatic heterocycles. The summed E-state index contributed by atoms with van der Waals surface area (Å²) in [5, 5.41) is 17.5. The van der Waals surface area contributed by atoms with Crippen LogP contribution in [0.5, 0.6) is 5.75 Å². The quantitative estimate of drug-likeness (QED) is 0.760. The summed E-state index contributed by atoms with van der Waals surface area (Å²) in [4.78, 5) is 4.32. The summed E-state index contributed by atoms with van der Waals surface area (Å²) in [5.41, 5.74) is 2.33. The van der Waals surface area contributed by atoms with Crippen LogP contribution in [0, 0.1) is 6.92 Å². The van der Waals surface area contributed by atoms with Gasteiger partial charge in [0, 0.05) is 18.8 Å². The first-order chi connectivity index (χ1) is 9.13. The normalized spacial score (nSPS) is 10.8. The summed E-state index contributed by atoms with van der Waals surface area (Å²) >= 11 is 0. The van der Waals surface area contributed by atoms with E-state index in [4.69, 9.17) is 4.52 Å². The minimum atomic E-state index is 0.214. The number of phenolic OH excluding ortho intramolecular Hbond substituents is 1. The van der Waals surface area contributed by atoms with Crippen LogP contribution in [0.3, 0.4) is 0 Å². The van der Waals surface area contributed by atoms with Crippen molar-refractivity contribution >= 4 is 0 Å². The van der Waals surface area contributed by atoms with Gasteiger partial charge in [-0.3, -0.25) is 4.68 Å². The second-order valence-corrected chi connectivity index (χ2v) is 4.30. The first kappa shape index (κ1) is 11.5. The average Bonchev–Trinajstić information content (AvgIpc) is 2.97. The molecule has 3 rings (SSSR count). The average molecular weight is 256 g/mol. The third-order valence-corrected chi connectivity index (χ3v) is 2.81. The Morgan fingerprint density at radius 2 is 2.11 bits per heavy atom. The number of aromatic hydroxyl groups is 1. The molecule has 19 heavy (non-hydrogen) atoms. The maximum atomic E-state index is 9.39. The third-order valence-electron chi connectivity index (χ3n) is 2.81. The van der Waals surface area contributed by atoms with Gasteiger partial charge in [0.2, 0.25) is 5.82 Å². The number of benzene rings is 1. The molecule has 0 saturated carbocycles. The standard InChI is InChI=1S/C13H12N4O2/c1-8-7-9(18)3-4-10(8)13-14-12(16-19-13)11-5-6-17(2)15-11/h3-7,18H,1-2H3. The summed E-state index contributed by atoms with van der Waals surface area (Å²) < 4.78 is 6.92. The van der Waals surface area contributed by atoms with Crippen LogP contribution in [0.4, 0.5) is 0 Å². The van der Waals surface area contributed by atoms with E-state index >= 15 is 0 Å². The monoisotopic (exact) mass is 256 g/mol. The Balaban J connectivity index is 2.01. The van der Waals surface area contributed by atoms with Crippen molar-refractivity contribution in [3.63, 3.8) is 0 Å². The molecule has 0 atom stereocenters. The predicted octanol–water partition coefficient (Wildman–Crippen LogP) is 2.15. The predicted molar refractivity (Wildman–Crippen MR) is 68.3 cm³/mol. The van der Waals surface area contributed by atoms with E-state index < -0.39 is 0 Å². The summed E-state index contributed by atoms with van der Waals surface area (Å²) in [6.45, 7) is 1.87. The van der Waals surface area contributed by atoms with Crippen molar-refractivity contribution in [3.8, 4) is 28.7 Å². The molecule has 0 aliphatic rings. The number of nitrogens with zero attached hydrogens (tertiary/aromatic N) is 4. The molecule has 0 bridgehead atoms. The van der Waals surface area contributed by atoms with Gasteiger partial charge in [-0.15, -0.1) is 0 Å². The van der Waals surface area contributed by atoms with Crippen molar-refractivity contribution in [1.29, 1.82) is 0 Å². The van der Waals surface area contributed by atoms with Crippen molar-refractivity contribution in [3.05, 3.63) is 36.0 Å². The van der Waals surface area contributed by atoms with Crippen LogP contribution in [0.2, 0.25) is 0 Å². The fourth-order valence-electron chi connectivity index (χ4n) is 1.86. The molecular weight excluding hydrogens is 244 g/mol. The molecule has 0 saturated heterocycles. The fraction of sp³-hybridized carbons (Fsp3) is 0.154. The van der Waals surface area contributed by atoms with Gasteiger partial charge in [0.25, 0.3) is 5.89 Å². The van der Waals surface area contributed by atoms with E-state index in [1.165, 1.54) is 0 Å². The van der Waals surface area contributed by atoms with Gasteiger partial charge < -0.3 is 9.63 Å². The molecule has 0 spiro atoms. The van der Waals surface area contributed by atoms with Crippen molar-refractivity contribution in [1.82, 2.24) is 19.9 Å². The highest BCUT2D eigenvalue weighted by Gasteiger charge is 2.14. The topological polar surface area (TPSA) is 77.0 Å². The summed E-state index contributed by atoms with van der Waals surface area (Å²) in [6, 6.07) is 6.81. The zero-order valence-corrected chi connectivity index (χ0v) is 10.5. The molecule has 2 heterocycles. The number of aromatic nitrogens is 4. The molecule has 0 amide bonds. The van der Waals surface area contributed by atoms with Crippen LogP contribution >= 0.6 is 0 Å². The van der Waals surface area contributed by atoms with Crippen molar-refractivity contribution in [2.24, 2.45) is 7.05 Å². The first-order valence-electron chi connectivity index (χ1n) is 5.77. The summed E-state index contributed by atoms with van der Waals surface area (Å²) in [5.74, 6) is 1.08. The Bertz CT molecular complexity index is 730. The number of hydrogen-bond donors (Lipinski definition) is 1. The second-order valence-electron chi connectivity index (χ2n) is 4.30.